The molecular weight excluding hydrogens is 359 g/mol. The van der Waals surface area contributed by atoms with Crippen molar-refractivity contribution in [2.75, 3.05) is 19.6 Å². The van der Waals surface area contributed by atoms with E-state index in [2.05, 4.69) is 6.58 Å². The van der Waals surface area contributed by atoms with E-state index in [1.54, 1.807) is 6.07 Å². The van der Waals surface area contributed by atoms with Crippen LogP contribution in [0.15, 0.2) is 35.7 Å². The number of halogens is 3. The van der Waals surface area contributed by atoms with E-state index in [9.17, 15) is 26.4 Å². The molecule has 25 heavy (non-hydrogen) atoms. The molecule has 136 valence electrons. The van der Waals surface area contributed by atoms with E-state index >= 15 is 0 Å². The van der Waals surface area contributed by atoms with Crippen molar-refractivity contribution in [3.63, 3.8) is 0 Å². The topological polar surface area (TPSA) is 90.3 Å². The Morgan fingerprint density at radius 3 is 2.60 bits per heavy atom. The molecule has 0 heterocycles. The van der Waals surface area contributed by atoms with Gasteiger partial charge in [0.25, 0.3) is 5.91 Å². The molecule has 1 rings (SSSR count). The highest BCUT2D eigenvalue weighted by atomic mass is 32.2. The first-order chi connectivity index (χ1) is 11.5. The number of hydrogen-bond donors (Lipinski definition) is 1. The fourth-order valence-corrected chi connectivity index (χ4v) is 3.19. The number of amides is 1. The summed E-state index contributed by atoms with van der Waals surface area (Å²) in [4.78, 5) is 12.6. The molecule has 1 amide bonds. The first-order valence-corrected chi connectivity index (χ1v) is 8.44. The first kappa shape index (κ1) is 20.7. The third kappa shape index (κ3) is 5.88. The second-order valence-electron chi connectivity index (χ2n) is 5.05. The summed E-state index contributed by atoms with van der Waals surface area (Å²) in [6.07, 6.45) is -3.46. The van der Waals surface area contributed by atoms with Gasteiger partial charge in [-0.2, -0.15) is 23.2 Å². The van der Waals surface area contributed by atoms with Gasteiger partial charge in [-0.05, 0) is 24.6 Å². The highest BCUT2D eigenvalue weighted by molar-refractivity contribution is 7.89. The number of alkyl halides is 3. The first-order valence-electron chi connectivity index (χ1n) is 6.96. The molecule has 0 aliphatic carbocycles. The number of hydrogen-bond acceptors (Lipinski definition) is 4. The van der Waals surface area contributed by atoms with Gasteiger partial charge in [-0.15, -0.1) is 6.58 Å². The molecule has 0 saturated carbocycles. The number of benzene rings is 1. The molecule has 0 spiro atoms. The van der Waals surface area contributed by atoms with Gasteiger partial charge in [-0.3, -0.25) is 4.79 Å². The highest BCUT2D eigenvalue weighted by Crippen LogP contribution is 2.21. The zero-order chi connectivity index (χ0) is 19.3. The lowest BCUT2D eigenvalue weighted by Crippen LogP contribution is -2.39. The predicted octanol–water partition coefficient (Wildman–Crippen LogP) is 1.99. The monoisotopic (exact) mass is 375 g/mol. The van der Waals surface area contributed by atoms with E-state index < -0.39 is 35.2 Å². The van der Waals surface area contributed by atoms with Crippen molar-refractivity contribution in [3.8, 4) is 6.07 Å². The van der Waals surface area contributed by atoms with Crippen LogP contribution in [0, 0.1) is 18.3 Å². The van der Waals surface area contributed by atoms with Gasteiger partial charge in [0.05, 0.1) is 17.5 Å². The summed E-state index contributed by atoms with van der Waals surface area (Å²) in [6, 6.07) is 5.16. The molecule has 0 radical (unpaired) electrons. The maximum atomic E-state index is 12.6. The molecule has 0 aliphatic rings. The molecule has 0 bridgehead atoms. The van der Waals surface area contributed by atoms with Crippen LogP contribution >= 0.6 is 0 Å². The van der Waals surface area contributed by atoms with E-state index in [4.69, 9.17) is 5.26 Å². The highest BCUT2D eigenvalue weighted by Gasteiger charge is 2.33. The minimum Gasteiger partial charge on any atom is -0.326 e. The fourth-order valence-electron chi connectivity index (χ4n) is 2.00. The second kappa shape index (κ2) is 8.13. The van der Waals surface area contributed by atoms with E-state index in [-0.39, 0.29) is 22.6 Å². The molecular formula is C15H16F3N3O3S. The lowest BCUT2D eigenvalue weighted by Gasteiger charge is -2.23. The molecule has 0 aromatic heterocycles. The van der Waals surface area contributed by atoms with E-state index in [1.807, 2.05) is 4.72 Å². The van der Waals surface area contributed by atoms with Gasteiger partial charge in [-0.1, -0.05) is 12.1 Å². The van der Waals surface area contributed by atoms with Crippen molar-refractivity contribution in [2.24, 2.45) is 0 Å². The molecule has 6 nitrogen and oxygen atoms in total. The number of nitrogens with zero attached hydrogens (tertiary/aromatic N) is 2. The zero-order valence-electron chi connectivity index (χ0n) is 13.3. The summed E-state index contributed by atoms with van der Waals surface area (Å²) in [5.74, 6) is -0.978. The fraction of sp³-hybridized carbons (Fsp3) is 0.333. The number of nitriles is 1. The number of carbonyl (C=O) groups is 1. The summed E-state index contributed by atoms with van der Waals surface area (Å²) < 4.78 is 64.1. The summed E-state index contributed by atoms with van der Waals surface area (Å²) in [5.41, 5.74) is 0.0714. The minimum atomic E-state index is -4.60. The number of sulfonamides is 1. The Balaban J connectivity index is 3.25. The van der Waals surface area contributed by atoms with Gasteiger partial charge >= 0.3 is 6.18 Å². The average molecular weight is 375 g/mol. The Morgan fingerprint density at radius 2 is 2.08 bits per heavy atom. The number of nitrogens with one attached hydrogen (secondary N) is 1. The number of carbonyl (C=O) groups excluding carboxylic acids is 1. The van der Waals surface area contributed by atoms with E-state index in [1.165, 1.54) is 19.1 Å². The Morgan fingerprint density at radius 1 is 1.44 bits per heavy atom. The lowest BCUT2D eigenvalue weighted by molar-refractivity contribution is -0.139. The van der Waals surface area contributed by atoms with Crippen LogP contribution in [0.25, 0.3) is 0 Å². The van der Waals surface area contributed by atoms with Crippen molar-refractivity contribution in [2.45, 2.75) is 18.0 Å². The standard InChI is InChI=1S/C15H16F3N3O3S/c1-3-8-21(10-15(16,17)18)14(22)12-5-4-11(2)13(9-12)25(23,24)20-7-6-19/h3-5,9,20H,1,7-8,10H2,2H3. The SMILES string of the molecule is C=CCN(CC(F)(F)F)C(=O)c1ccc(C)c(S(=O)(=O)NCC#N)c1. The van der Waals surface area contributed by atoms with Gasteiger partial charge in [0, 0.05) is 12.1 Å². The average Bonchev–Trinajstić information content (AvgIpc) is 2.51. The third-order valence-electron chi connectivity index (χ3n) is 3.07. The van der Waals surface area contributed by atoms with Crippen molar-refractivity contribution in [1.29, 1.82) is 5.26 Å². The number of rotatable bonds is 7. The number of aryl methyl sites for hydroxylation is 1. The molecule has 1 aromatic carbocycles. The summed E-state index contributed by atoms with van der Waals surface area (Å²) in [6.45, 7) is 2.47. The molecule has 10 heteroatoms. The molecule has 0 saturated heterocycles. The molecule has 0 atom stereocenters. The smallest absolute Gasteiger partial charge is 0.326 e. The van der Waals surface area contributed by atoms with Crippen LogP contribution in [0.3, 0.4) is 0 Å². The van der Waals surface area contributed by atoms with Crippen molar-refractivity contribution in [3.05, 3.63) is 42.0 Å². The van der Waals surface area contributed by atoms with Gasteiger partial charge in [-0.25, -0.2) is 8.42 Å². The van der Waals surface area contributed by atoms with Crippen LogP contribution in [0.1, 0.15) is 15.9 Å². The van der Waals surface area contributed by atoms with Crippen LogP contribution in [0.5, 0.6) is 0 Å². The van der Waals surface area contributed by atoms with Crippen molar-refractivity contribution < 1.29 is 26.4 Å². The van der Waals surface area contributed by atoms with Gasteiger partial charge in [0.15, 0.2) is 0 Å². The maximum Gasteiger partial charge on any atom is 0.406 e. The Bertz CT molecular complexity index is 798. The van der Waals surface area contributed by atoms with Crippen molar-refractivity contribution >= 4 is 15.9 Å². The summed E-state index contributed by atoms with van der Waals surface area (Å²) >= 11 is 0. The van der Waals surface area contributed by atoms with Crippen LogP contribution in [0.4, 0.5) is 13.2 Å². The minimum absolute atomic E-state index is 0.214. The molecule has 1 aromatic rings. The molecule has 0 unspecified atom stereocenters. The molecule has 0 aliphatic heterocycles. The largest absolute Gasteiger partial charge is 0.406 e. The summed E-state index contributed by atoms with van der Waals surface area (Å²) in [5, 5.41) is 8.47. The van der Waals surface area contributed by atoms with Crippen LogP contribution < -0.4 is 4.72 Å². The van der Waals surface area contributed by atoms with E-state index in [0.717, 1.165) is 12.1 Å². The second-order valence-corrected chi connectivity index (χ2v) is 6.79. The normalized spacial score (nSPS) is 11.6. The Hall–Kier alpha value is -2.38. The Kier molecular flexibility index (Phi) is 6.72. The van der Waals surface area contributed by atoms with Crippen molar-refractivity contribution in [1.82, 2.24) is 9.62 Å². The molecule has 0 fully saturated rings. The van der Waals surface area contributed by atoms with Crippen LogP contribution in [-0.4, -0.2) is 45.0 Å². The predicted molar refractivity (Wildman–Crippen MR) is 84.1 cm³/mol. The Labute approximate surface area is 143 Å². The van der Waals surface area contributed by atoms with Crippen LogP contribution in [0.2, 0.25) is 0 Å². The quantitative estimate of drug-likeness (QED) is 0.583. The van der Waals surface area contributed by atoms with E-state index in [0.29, 0.717) is 4.90 Å². The van der Waals surface area contributed by atoms with Gasteiger partial charge in [0.1, 0.15) is 6.54 Å². The maximum absolute atomic E-state index is 12.6. The summed E-state index contributed by atoms with van der Waals surface area (Å²) in [7, 11) is -4.07. The third-order valence-corrected chi connectivity index (χ3v) is 4.62. The zero-order valence-corrected chi connectivity index (χ0v) is 14.1. The molecule has 1 N–H and O–H groups in total. The van der Waals surface area contributed by atoms with Gasteiger partial charge < -0.3 is 4.90 Å². The van der Waals surface area contributed by atoms with Crippen LogP contribution in [-0.2, 0) is 10.0 Å². The lowest BCUT2D eigenvalue weighted by atomic mass is 10.1. The van der Waals surface area contributed by atoms with Gasteiger partial charge in [0.2, 0.25) is 10.0 Å².